The molecule has 1 amide bonds. The molecule has 0 unspecified atom stereocenters. The molecule has 0 bridgehead atoms. The number of nitrogens with one attached hydrogen (secondary N) is 3. The van der Waals surface area contributed by atoms with Crippen LogP contribution in [0.4, 0.5) is 18.9 Å². The van der Waals surface area contributed by atoms with E-state index in [4.69, 9.17) is 4.74 Å². The van der Waals surface area contributed by atoms with Crippen molar-refractivity contribution >= 4 is 11.6 Å². The van der Waals surface area contributed by atoms with E-state index in [1.54, 1.807) is 25.3 Å². The van der Waals surface area contributed by atoms with E-state index in [9.17, 15) is 18.0 Å². The maximum absolute atomic E-state index is 12.9. The molecular weight excluding hydrogens is 395 g/mol. The molecule has 30 heavy (non-hydrogen) atoms. The number of para-hydroxylation sites is 2. The summed E-state index contributed by atoms with van der Waals surface area (Å²) in [5.74, 6) is 0.541. The van der Waals surface area contributed by atoms with Gasteiger partial charge in [-0.1, -0.05) is 24.3 Å². The van der Waals surface area contributed by atoms with Crippen molar-refractivity contribution < 1.29 is 32.5 Å². The number of piperazine rings is 1. The molecule has 1 fully saturated rings. The van der Waals surface area contributed by atoms with Gasteiger partial charge in [0.15, 0.2) is 6.04 Å². The van der Waals surface area contributed by atoms with Gasteiger partial charge in [-0.05, 0) is 31.2 Å². The number of anilines is 1. The van der Waals surface area contributed by atoms with E-state index < -0.39 is 11.7 Å². The number of carbonyl (C=O) groups excluding carboxylic acids is 1. The van der Waals surface area contributed by atoms with Gasteiger partial charge < -0.3 is 19.9 Å². The lowest BCUT2D eigenvalue weighted by molar-refractivity contribution is -1.02. The number of hydrogen-bond acceptors (Lipinski definition) is 2. The Hall–Kier alpha value is -2.58. The zero-order valence-corrected chi connectivity index (χ0v) is 17.2. The van der Waals surface area contributed by atoms with Crippen molar-refractivity contribution in [3.05, 3.63) is 59.7 Å². The fourth-order valence-electron chi connectivity index (χ4n) is 3.86. The monoisotopic (exact) mass is 423 g/mol. The van der Waals surface area contributed by atoms with Gasteiger partial charge >= 0.3 is 6.18 Å². The highest BCUT2D eigenvalue weighted by Gasteiger charge is 2.33. The van der Waals surface area contributed by atoms with Crippen LogP contribution < -0.4 is 19.9 Å². The predicted molar refractivity (Wildman–Crippen MR) is 108 cm³/mol. The molecule has 0 radical (unpaired) electrons. The Morgan fingerprint density at radius 1 is 1.10 bits per heavy atom. The molecule has 162 valence electrons. The molecule has 0 aromatic heterocycles. The molecule has 1 atom stereocenters. The van der Waals surface area contributed by atoms with Gasteiger partial charge in [-0.15, -0.1) is 0 Å². The minimum atomic E-state index is -4.32. The van der Waals surface area contributed by atoms with Crippen molar-refractivity contribution in [2.24, 2.45) is 0 Å². The Bertz CT molecular complexity index is 865. The molecular formula is C22H28F3N3O2+2. The molecule has 2 aromatic rings. The lowest BCUT2D eigenvalue weighted by Crippen LogP contribution is -3.29. The number of ether oxygens (including phenoxy) is 1. The molecule has 1 aliphatic rings. The molecule has 8 heteroatoms. The number of methoxy groups -OCH3 is 1. The standard InChI is InChI=1S/C22H26F3N3O2/c1-16(21(29)26-19-8-3-4-9-20(19)30-2)28-12-10-27(11-13-28)15-17-6-5-7-18(14-17)22(23,24)25/h3-9,14,16H,10-13,15H2,1-2H3,(H,26,29)/p+2/t16-/m0/s1. The largest absolute Gasteiger partial charge is 0.495 e. The van der Waals surface area contributed by atoms with Gasteiger partial charge in [0.1, 0.15) is 38.5 Å². The Morgan fingerprint density at radius 2 is 1.80 bits per heavy atom. The number of carbonyl (C=O) groups is 1. The lowest BCUT2D eigenvalue weighted by atomic mass is 10.1. The average Bonchev–Trinajstić information content (AvgIpc) is 2.74. The topological polar surface area (TPSA) is 47.2 Å². The second kappa shape index (κ2) is 9.49. The fourth-order valence-corrected chi connectivity index (χ4v) is 3.86. The summed E-state index contributed by atoms with van der Waals surface area (Å²) in [5, 5.41) is 2.93. The van der Waals surface area contributed by atoms with Crippen molar-refractivity contribution in [3.8, 4) is 5.75 Å². The van der Waals surface area contributed by atoms with Gasteiger partial charge in [0.2, 0.25) is 0 Å². The van der Waals surface area contributed by atoms with Crippen LogP contribution in [0.2, 0.25) is 0 Å². The summed E-state index contributed by atoms with van der Waals surface area (Å²) in [6.07, 6.45) is -4.32. The van der Waals surface area contributed by atoms with E-state index in [-0.39, 0.29) is 11.9 Å². The van der Waals surface area contributed by atoms with E-state index >= 15 is 0 Å². The van der Waals surface area contributed by atoms with Crippen LogP contribution >= 0.6 is 0 Å². The Morgan fingerprint density at radius 3 is 2.47 bits per heavy atom. The summed E-state index contributed by atoms with van der Waals surface area (Å²) in [6, 6.07) is 12.6. The van der Waals surface area contributed by atoms with Crippen molar-refractivity contribution in [3.63, 3.8) is 0 Å². The molecule has 1 heterocycles. The number of halogens is 3. The van der Waals surface area contributed by atoms with Crippen LogP contribution in [-0.2, 0) is 17.5 Å². The van der Waals surface area contributed by atoms with Crippen LogP contribution in [0.15, 0.2) is 48.5 Å². The minimum absolute atomic E-state index is 0.0733. The Labute approximate surface area is 174 Å². The molecule has 0 saturated carbocycles. The third kappa shape index (κ3) is 5.52. The van der Waals surface area contributed by atoms with Crippen LogP contribution in [-0.4, -0.2) is 45.2 Å². The second-order valence-electron chi connectivity index (χ2n) is 7.69. The van der Waals surface area contributed by atoms with Crippen molar-refractivity contribution in [2.75, 3.05) is 38.6 Å². The van der Waals surface area contributed by atoms with E-state index in [0.29, 0.717) is 23.5 Å². The van der Waals surface area contributed by atoms with Crippen LogP contribution in [0.1, 0.15) is 18.1 Å². The molecule has 1 aliphatic heterocycles. The van der Waals surface area contributed by atoms with Crippen molar-refractivity contribution in [1.82, 2.24) is 0 Å². The molecule has 1 saturated heterocycles. The van der Waals surface area contributed by atoms with Gasteiger partial charge in [-0.25, -0.2) is 0 Å². The maximum Gasteiger partial charge on any atom is 0.416 e. The zero-order chi connectivity index (χ0) is 21.7. The van der Waals surface area contributed by atoms with Crippen molar-refractivity contribution in [1.29, 1.82) is 0 Å². The molecule has 0 aliphatic carbocycles. The first-order valence-electron chi connectivity index (χ1n) is 10.1. The number of quaternary nitrogens is 2. The molecule has 2 aromatic carbocycles. The van der Waals surface area contributed by atoms with E-state index in [0.717, 1.165) is 32.2 Å². The summed E-state index contributed by atoms with van der Waals surface area (Å²) in [5.41, 5.74) is 0.723. The highest BCUT2D eigenvalue weighted by atomic mass is 19.4. The molecule has 3 rings (SSSR count). The van der Waals surface area contributed by atoms with Gasteiger partial charge in [-0.2, -0.15) is 13.2 Å². The normalized spacial score (nSPS) is 20.4. The van der Waals surface area contributed by atoms with Crippen LogP contribution in [0.5, 0.6) is 5.75 Å². The van der Waals surface area contributed by atoms with E-state index in [2.05, 4.69) is 5.32 Å². The van der Waals surface area contributed by atoms with Gasteiger partial charge in [-0.3, -0.25) is 4.79 Å². The predicted octanol–water partition coefficient (Wildman–Crippen LogP) is 1.02. The average molecular weight is 423 g/mol. The summed E-state index contributed by atoms with van der Waals surface area (Å²) in [7, 11) is 1.56. The summed E-state index contributed by atoms with van der Waals surface area (Å²) >= 11 is 0. The fraction of sp³-hybridized carbons (Fsp3) is 0.409. The Balaban J connectivity index is 1.53. The summed E-state index contributed by atoms with van der Waals surface area (Å²) in [4.78, 5) is 15.1. The number of amides is 1. The lowest BCUT2D eigenvalue weighted by Gasteiger charge is -2.32. The first-order chi connectivity index (χ1) is 14.3. The zero-order valence-electron chi connectivity index (χ0n) is 17.2. The van der Waals surface area contributed by atoms with Gasteiger partial charge in [0, 0.05) is 5.56 Å². The number of hydrogen-bond donors (Lipinski definition) is 3. The highest BCUT2D eigenvalue weighted by molar-refractivity contribution is 5.94. The van der Waals surface area contributed by atoms with E-state index in [1.165, 1.54) is 21.9 Å². The first kappa shape index (κ1) is 22.1. The Kier molecular flexibility index (Phi) is 6.99. The third-order valence-electron chi connectivity index (χ3n) is 5.68. The number of benzene rings is 2. The summed E-state index contributed by atoms with van der Waals surface area (Å²) < 4.78 is 44.0. The van der Waals surface area contributed by atoms with E-state index in [1.807, 2.05) is 19.1 Å². The molecule has 0 spiro atoms. The van der Waals surface area contributed by atoms with Crippen molar-refractivity contribution in [2.45, 2.75) is 25.7 Å². The smallest absolute Gasteiger partial charge is 0.416 e. The van der Waals surface area contributed by atoms with Crippen LogP contribution in [0.25, 0.3) is 0 Å². The third-order valence-corrected chi connectivity index (χ3v) is 5.68. The minimum Gasteiger partial charge on any atom is -0.495 e. The van der Waals surface area contributed by atoms with Crippen LogP contribution in [0, 0.1) is 0 Å². The highest BCUT2D eigenvalue weighted by Crippen LogP contribution is 2.29. The maximum atomic E-state index is 12.9. The molecule has 3 N–H and O–H groups in total. The SMILES string of the molecule is COc1ccccc1NC(=O)[C@H](C)[NH+]1CC[NH+](Cc2cccc(C(F)(F)F)c2)CC1. The van der Waals surface area contributed by atoms with Gasteiger partial charge in [0.25, 0.3) is 5.91 Å². The second-order valence-corrected chi connectivity index (χ2v) is 7.69. The quantitative estimate of drug-likeness (QED) is 0.650. The first-order valence-corrected chi connectivity index (χ1v) is 10.1. The molecule has 5 nitrogen and oxygen atoms in total. The number of alkyl halides is 3. The van der Waals surface area contributed by atoms with Gasteiger partial charge in [0.05, 0.1) is 18.4 Å². The summed E-state index contributed by atoms with van der Waals surface area (Å²) in [6.45, 7) is 5.64. The van der Waals surface area contributed by atoms with Crippen LogP contribution in [0.3, 0.4) is 0 Å². The number of rotatable bonds is 6.